The van der Waals surface area contributed by atoms with Crippen molar-refractivity contribution < 1.29 is 13.9 Å². The summed E-state index contributed by atoms with van der Waals surface area (Å²) in [4.78, 5) is 0. The zero-order valence-corrected chi connectivity index (χ0v) is 7.26. The number of halogens is 2. The van der Waals surface area contributed by atoms with Crippen LogP contribution in [0.1, 0.15) is 0 Å². The monoisotopic (exact) mass is 185 g/mol. The Morgan fingerprint density at radius 3 is 2.64 bits per heavy atom. The molecule has 0 aromatic heterocycles. The molecular formula is C6H13F2NOS. The number of alkyl halides is 2. The fourth-order valence-corrected chi connectivity index (χ4v) is 0.850. The lowest BCUT2D eigenvalue weighted by molar-refractivity contribution is -0.0471. The van der Waals surface area contributed by atoms with E-state index in [1.165, 1.54) is 0 Å². The van der Waals surface area contributed by atoms with E-state index in [-0.39, 0.29) is 0 Å². The van der Waals surface area contributed by atoms with Crippen LogP contribution in [0.25, 0.3) is 0 Å². The van der Waals surface area contributed by atoms with Gasteiger partial charge in [0.2, 0.25) is 0 Å². The van der Waals surface area contributed by atoms with Crippen molar-refractivity contribution in [3.63, 3.8) is 0 Å². The highest BCUT2D eigenvalue weighted by molar-refractivity contribution is 7.98. The predicted octanol–water partition coefficient (Wildman–Crippen LogP) is 0.567. The van der Waals surface area contributed by atoms with Crippen LogP contribution in [0.2, 0.25) is 0 Å². The molecule has 0 saturated carbocycles. The van der Waals surface area contributed by atoms with Crippen molar-refractivity contribution in [3.05, 3.63) is 0 Å². The van der Waals surface area contributed by atoms with Crippen LogP contribution in [0.4, 0.5) is 8.78 Å². The summed E-state index contributed by atoms with van der Waals surface area (Å²) in [5.74, 6) is -2.17. The molecule has 0 unspecified atom stereocenters. The molecule has 0 aromatic rings. The minimum absolute atomic E-state index is 0.440. The maximum absolute atomic E-state index is 12.3. The molecular weight excluding hydrogens is 172 g/mol. The molecule has 0 aliphatic carbocycles. The Balaban J connectivity index is 3.23. The molecule has 2 nitrogen and oxygen atoms in total. The molecule has 2 N–H and O–H groups in total. The molecule has 0 bridgehead atoms. The summed E-state index contributed by atoms with van der Waals surface area (Å²) in [6.07, 6.45) is 1.91. The number of thioether (sulfide) groups is 1. The van der Waals surface area contributed by atoms with Crippen LogP contribution in [-0.4, -0.2) is 42.7 Å². The van der Waals surface area contributed by atoms with Crippen LogP contribution in [0.3, 0.4) is 0 Å². The van der Waals surface area contributed by atoms with Crippen LogP contribution < -0.4 is 5.32 Å². The largest absolute Gasteiger partial charge is 0.390 e. The predicted molar refractivity (Wildman–Crippen MR) is 43.3 cm³/mol. The molecule has 0 rings (SSSR count). The molecule has 0 atom stereocenters. The van der Waals surface area contributed by atoms with Gasteiger partial charge >= 0.3 is 0 Å². The molecule has 0 saturated heterocycles. The average molecular weight is 185 g/mol. The van der Waals surface area contributed by atoms with Crippen LogP contribution in [0, 0.1) is 0 Å². The second-order valence-electron chi connectivity index (χ2n) is 2.18. The van der Waals surface area contributed by atoms with Crippen molar-refractivity contribution in [3.8, 4) is 0 Å². The van der Waals surface area contributed by atoms with E-state index in [0.29, 0.717) is 6.54 Å². The normalized spacial score (nSPS) is 12.0. The van der Waals surface area contributed by atoms with Crippen molar-refractivity contribution in [2.75, 3.05) is 31.7 Å². The minimum atomic E-state index is -2.97. The number of nitrogens with one attached hydrogen (secondary N) is 1. The Morgan fingerprint density at radius 2 is 2.18 bits per heavy atom. The molecule has 0 aliphatic heterocycles. The standard InChI is InChI=1S/C6H13F2NOS/c1-11-3-2-9-4-6(7,8)5-10/h9-10H,2-5H2,1H3. The summed E-state index contributed by atoms with van der Waals surface area (Å²) in [5, 5.41) is 10.7. The Labute approximate surface area is 69.4 Å². The number of aliphatic hydroxyl groups excluding tert-OH is 1. The fraction of sp³-hybridized carbons (Fsp3) is 1.00. The van der Waals surface area contributed by atoms with Gasteiger partial charge in [-0.05, 0) is 6.26 Å². The topological polar surface area (TPSA) is 32.3 Å². The third-order valence-corrected chi connectivity index (χ3v) is 1.71. The molecule has 0 radical (unpaired) electrons. The SMILES string of the molecule is CSCCNCC(F)(F)CO. The first-order valence-electron chi connectivity index (χ1n) is 3.31. The van der Waals surface area contributed by atoms with Gasteiger partial charge in [-0.1, -0.05) is 0 Å². The van der Waals surface area contributed by atoms with Crippen molar-refractivity contribution in [1.82, 2.24) is 5.32 Å². The molecule has 0 fully saturated rings. The molecule has 0 aromatic carbocycles. The van der Waals surface area contributed by atoms with Crippen LogP contribution in [-0.2, 0) is 0 Å². The first kappa shape index (κ1) is 11.1. The number of hydrogen-bond acceptors (Lipinski definition) is 3. The minimum Gasteiger partial charge on any atom is -0.390 e. The van der Waals surface area contributed by atoms with Crippen molar-refractivity contribution in [2.45, 2.75) is 5.92 Å². The van der Waals surface area contributed by atoms with Gasteiger partial charge in [-0.3, -0.25) is 0 Å². The number of hydrogen-bond donors (Lipinski definition) is 2. The lowest BCUT2D eigenvalue weighted by atomic mass is 10.3. The first-order chi connectivity index (χ1) is 5.12. The molecule has 0 spiro atoms. The summed E-state index contributed by atoms with van der Waals surface area (Å²) in [7, 11) is 0. The number of aliphatic hydroxyl groups is 1. The lowest BCUT2D eigenvalue weighted by Crippen LogP contribution is -2.36. The first-order valence-corrected chi connectivity index (χ1v) is 4.70. The van der Waals surface area contributed by atoms with Gasteiger partial charge in [-0.25, -0.2) is 8.78 Å². The van der Waals surface area contributed by atoms with Crippen LogP contribution in [0.5, 0.6) is 0 Å². The average Bonchev–Trinajstić information content (AvgIpc) is 1.99. The Morgan fingerprint density at radius 1 is 1.55 bits per heavy atom. The van der Waals surface area contributed by atoms with Gasteiger partial charge < -0.3 is 10.4 Å². The van der Waals surface area contributed by atoms with Crippen LogP contribution in [0.15, 0.2) is 0 Å². The van der Waals surface area contributed by atoms with Gasteiger partial charge in [0.05, 0.1) is 6.54 Å². The highest BCUT2D eigenvalue weighted by Gasteiger charge is 2.26. The van der Waals surface area contributed by atoms with E-state index in [1.807, 2.05) is 6.26 Å². The van der Waals surface area contributed by atoms with Gasteiger partial charge in [0.15, 0.2) is 0 Å². The zero-order chi connectivity index (χ0) is 8.74. The molecule has 0 heterocycles. The molecule has 5 heteroatoms. The van der Waals surface area contributed by atoms with E-state index in [0.717, 1.165) is 5.75 Å². The van der Waals surface area contributed by atoms with Gasteiger partial charge in [0.25, 0.3) is 5.92 Å². The van der Waals surface area contributed by atoms with E-state index in [1.54, 1.807) is 11.8 Å². The van der Waals surface area contributed by atoms with Gasteiger partial charge in [0.1, 0.15) is 6.61 Å². The smallest absolute Gasteiger partial charge is 0.282 e. The molecule has 11 heavy (non-hydrogen) atoms. The highest BCUT2D eigenvalue weighted by atomic mass is 32.2. The van der Waals surface area contributed by atoms with Crippen molar-refractivity contribution >= 4 is 11.8 Å². The zero-order valence-electron chi connectivity index (χ0n) is 6.44. The third-order valence-electron chi connectivity index (χ3n) is 1.10. The summed E-state index contributed by atoms with van der Waals surface area (Å²) in [5.41, 5.74) is 0. The van der Waals surface area contributed by atoms with E-state index in [9.17, 15) is 8.78 Å². The summed E-state index contributed by atoms with van der Waals surface area (Å²) in [6, 6.07) is 0. The van der Waals surface area contributed by atoms with Gasteiger partial charge in [-0.15, -0.1) is 0 Å². The maximum Gasteiger partial charge on any atom is 0.282 e. The maximum atomic E-state index is 12.3. The Kier molecular flexibility index (Phi) is 5.81. The highest BCUT2D eigenvalue weighted by Crippen LogP contribution is 2.09. The third kappa shape index (κ3) is 6.52. The molecule has 68 valence electrons. The summed E-state index contributed by atoms with van der Waals surface area (Å²) in [6.45, 7) is -0.972. The molecule has 0 aliphatic rings. The van der Waals surface area contributed by atoms with Crippen molar-refractivity contribution in [1.29, 1.82) is 0 Å². The fourth-order valence-electron chi connectivity index (χ4n) is 0.501. The van der Waals surface area contributed by atoms with Crippen molar-refractivity contribution in [2.24, 2.45) is 0 Å². The lowest BCUT2D eigenvalue weighted by Gasteiger charge is -2.13. The Bertz CT molecular complexity index is 103. The second kappa shape index (κ2) is 5.74. The van der Waals surface area contributed by atoms with E-state index in [4.69, 9.17) is 5.11 Å². The summed E-state index contributed by atoms with van der Waals surface area (Å²) >= 11 is 1.59. The number of rotatable bonds is 6. The Hall–Kier alpha value is 0.130. The van der Waals surface area contributed by atoms with Gasteiger partial charge in [-0.2, -0.15) is 11.8 Å². The molecule has 0 amide bonds. The van der Waals surface area contributed by atoms with E-state index in [2.05, 4.69) is 5.32 Å². The summed E-state index contributed by atoms with van der Waals surface area (Å²) < 4.78 is 24.5. The second-order valence-corrected chi connectivity index (χ2v) is 3.17. The van der Waals surface area contributed by atoms with E-state index < -0.39 is 19.1 Å². The van der Waals surface area contributed by atoms with Crippen LogP contribution >= 0.6 is 11.8 Å². The van der Waals surface area contributed by atoms with Gasteiger partial charge in [0, 0.05) is 12.3 Å². The quantitative estimate of drug-likeness (QED) is 0.593. The van der Waals surface area contributed by atoms with E-state index >= 15 is 0 Å².